The molecule has 0 atom stereocenters. The molecule has 4 rings (SSSR count). The van der Waals surface area contributed by atoms with Crippen LogP contribution in [0.2, 0.25) is 0 Å². The van der Waals surface area contributed by atoms with Crippen LogP contribution < -0.4 is 0 Å². The summed E-state index contributed by atoms with van der Waals surface area (Å²) in [5.74, 6) is 0. The van der Waals surface area contributed by atoms with Crippen molar-refractivity contribution in [2.75, 3.05) is 0 Å². The molecule has 2 radical (unpaired) electrons. The zero-order valence-electron chi connectivity index (χ0n) is 22.9. The SMILES string of the molecule is Cc1cc(C)n(Cc2ccccn2)n1.Cc1cc(C)n(Cc2ccccn2)n1.[Co+2].[Co+2].[N-]=[N+]=[N-].[N-]=[N+]=[N-].[N-]=[N+]=[N-].[N-]=[N+]=[N-]. The van der Waals surface area contributed by atoms with E-state index in [-0.39, 0.29) is 33.6 Å². The van der Waals surface area contributed by atoms with Gasteiger partial charge in [-0.05, 0) is 64.1 Å². The van der Waals surface area contributed by atoms with E-state index in [0.29, 0.717) is 0 Å². The van der Waals surface area contributed by atoms with Gasteiger partial charge >= 0.3 is 33.6 Å². The Hall–Kier alpha value is -5.03. The molecule has 0 saturated heterocycles. The maximum atomic E-state index is 6.75. The van der Waals surface area contributed by atoms with Crippen LogP contribution in [-0.4, -0.2) is 29.5 Å². The Morgan fingerprint density at radius 1 is 0.548 bits per heavy atom. The fourth-order valence-electron chi connectivity index (χ4n) is 2.96. The maximum absolute atomic E-state index is 6.75. The molecule has 0 spiro atoms. The molecule has 4 heterocycles. The van der Waals surface area contributed by atoms with Gasteiger partial charge in [0.05, 0.1) is 35.9 Å². The Morgan fingerprint density at radius 3 is 1.02 bits per heavy atom. The zero-order chi connectivity index (χ0) is 30.8. The molecule has 222 valence electrons. The summed E-state index contributed by atoms with van der Waals surface area (Å²) in [6.45, 7) is 9.62. The Balaban J connectivity index is -0.000000243. The molecule has 0 unspecified atom stereocenters. The normalized spacial score (nSPS) is 7.71. The van der Waals surface area contributed by atoms with Crippen LogP contribution >= 0.6 is 0 Å². The average molecular weight is 660 g/mol. The number of rotatable bonds is 4. The van der Waals surface area contributed by atoms with Crippen molar-refractivity contribution in [2.45, 2.75) is 40.8 Å². The van der Waals surface area contributed by atoms with Crippen LogP contribution in [0.3, 0.4) is 0 Å². The predicted molar refractivity (Wildman–Crippen MR) is 150 cm³/mol. The van der Waals surface area contributed by atoms with Crippen LogP contribution in [0.15, 0.2) is 60.9 Å². The van der Waals surface area contributed by atoms with Crippen molar-refractivity contribution in [3.05, 3.63) is 159 Å². The minimum Gasteiger partial charge on any atom is -0.373 e. The summed E-state index contributed by atoms with van der Waals surface area (Å²) in [5, 5.41) is 8.76. The first-order valence-electron chi connectivity index (χ1n) is 10.9. The molecule has 0 aromatic carbocycles. The number of aromatic nitrogens is 6. The van der Waals surface area contributed by atoms with Crippen molar-refractivity contribution in [3.63, 3.8) is 0 Å². The van der Waals surface area contributed by atoms with E-state index in [0.717, 1.165) is 35.9 Å². The van der Waals surface area contributed by atoms with Gasteiger partial charge in [-0.1, -0.05) is 12.1 Å². The summed E-state index contributed by atoms with van der Waals surface area (Å²) >= 11 is 0. The fourth-order valence-corrected chi connectivity index (χ4v) is 2.96. The molecule has 4 aromatic heterocycles. The van der Waals surface area contributed by atoms with Crippen molar-refractivity contribution < 1.29 is 33.6 Å². The van der Waals surface area contributed by atoms with Crippen LogP contribution in [0.1, 0.15) is 34.2 Å². The van der Waals surface area contributed by atoms with Crippen LogP contribution in [0, 0.1) is 27.7 Å². The van der Waals surface area contributed by atoms with Gasteiger partial charge < -0.3 is 44.2 Å². The summed E-state index contributed by atoms with van der Waals surface area (Å²) in [6, 6.07) is 16.0. The Kier molecular flexibility index (Phi) is 30.4. The van der Waals surface area contributed by atoms with Gasteiger partial charge in [-0.2, -0.15) is 10.2 Å². The number of nitrogens with zero attached hydrogens (tertiary/aromatic N) is 18. The molecule has 0 aliphatic heterocycles. The van der Waals surface area contributed by atoms with Crippen LogP contribution in [0.5, 0.6) is 0 Å². The van der Waals surface area contributed by atoms with Gasteiger partial charge in [0.25, 0.3) is 0 Å². The smallest absolute Gasteiger partial charge is 0.373 e. The molecular weight excluding hydrogens is 634 g/mol. The van der Waals surface area contributed by atoms with E-state index in [9.17, 15) is 0 Å². The van der Waals surface area contributed by atoms with E-state index in [2.05, 4.69) is 46.1 Å². The molecule has 18 nitrogen and oxygen atoms in total. The van der Waals surface area contributed by atoms with Crippen molar-refractivity contribution in [1.82, 2.24) is 29.5 Å². The van der Waals surface area contributed by atoms with E-state index in [4.69, 9.17) is 44.2 Å². The van der Waals surface area contributed by atoms with Gasteiger partial charge in [-0.15, -0.1) is 0 Å². The number of aryl methyl sites for hydroxylation is 4. The van der Waals surface area contributed by atoms with E-state index in [1.165, 1.54) is 31.0 Å². The minimum atomic E-state index is 0. The standard InChI is InChI=1S/2C11H13N3.2Co.4N3/c2*1-9-7-10(2)14(13-9)8-11-5-3-4-6-12-11;;;4*1-3-2/h2*3-7H,8H2,1-2H3;;;;;;/q;;2*+2;4*-1. The number of hydrogen-bond acceptors (Lipinski definition) is 4. The first-order valence-corrected chi connectivity index (χ1v) is 10.9. The minimum absolute atomic E-state index is 0. The molecule has 42 heavy (non-hydrogen) atoms. The quantitative estimate of drug-likeness (QED) is 0.123. The predicted octanol–water partition coefficient (Wildman–Crippen LogP) is 7.35. The molecule has 0 N–H and O–H groups in total. The van der Waals surface area contributed by atoms with Gasteiger partial charge in [0.2, 0.25) is 0 Å². The molecular formula is C22H26Co2N18. The van der Waals surface area contributed by atoms with Crippen LogP contribution in [0.25, 0.3) is 63.9 Å². The van der Waals surface area contributed by atoms with Crippen molar-refractivity contribution in [1.29, 1.82) is 0 Å². The average Bonchev–Trinajstić information content (AvgIpc) is 3.40. The van der Waals surface area contributed by atoms with Gasteiger partial charge in [0.15, 0.2) is 0 Å². The summed E-state index contributed by atoms with van der Waals surface area (Å²) in [7, 11) is 0. The van der Waals surface area contributed by atoms with Crippen molar-refractivity contribution in [3.8, 4) is 0 Å². The van der Waals surface area contributed by atoms with Gasteiger partial charge in [-0.25, -0.2) is 0 Å². The van der Waals surface area contributed by atoms with Gasteiger partial charge in [-0.3, -0.25) is 39.0 Å². The second-order valence-corrected chi connectivity index (χ2v) is 7.17. The Morgan fingerprint density at radius 2 is 0.833 bits per heavy atom. The molecule has 0 fully saturated rings. The second-order valence-electron chi connectivity index (χ2n) is 7.17. The first-order chi connectivity index (χ1) is 19.2. The third-order valence-corrected chi connectivity index (χ3v) is 4.28. The number of hydrogen-bond donors (Lipinski definition) is 0. The van der Waals surface area contributed by atoms with Crippen molar-refractivity contribution in [2.24, 2.45) is 0 Å². The largest absolute Gasteiger partial charge is 2.00 e. The monoisotopic (exact) mass is 660 g/mol. The Labute approximate surface area is 262 Å². The maximum Gasteiger partial charge on any atom is 2.00 e. The van der Waals surface area contributed by atoms with E-state index >= 15 is 0 Å². The Bertz CT molecular complexity index is 1250. The molecule has 0 aliphatic rings. The molecule has 0 aliphatic carbocycles. The van der Waals surface area contributed by atoms with E-state index in [1.807, 2.05) is 59.6 Å². The molecule has 0 saturated carbocycles. The summed E-state index contributed by atoms with van der Waals surface area (Å²) in [6.07, 6.45) is 3.61. The van der Waals surface area contributed by atoms with Gasteiger partial charge in [0, 0.05) is 23.8 Å². The zero-order valence-corrected chi connectivity index (χ0v) is 25.0. The van der Waals surface area contributed by atoms with E-state index < -0.39 is 0 Å². The van der Waals surface area contributed by atoms with Crippen LogP contribution in [-0.2, 0) is 46.6 Å². The fraction of sp³-hybridized carbons (Fsp3) is 0.273. The third kappa shape index (κ3) is 21.9. The molecule has 20 heteroatoms. The van der Waals surface area contributed by atoms with Gasteiger partial charge in [0.1, 0.15) is 0 Å². The van der Waals surface area contributed by atoms with Crippen LogP contribution in [0.4, 0.5) is 0 Å². The molecule has 0 amide bonds. The van der Waals surface area contributed by atoms with E-state index in [1.54, 1.807) is 12.4 Å². The second kappa shape index (κ2) is 29.0. The van der Waals surface area contributed by atoms with Crippen molar-refractivity contribution >= 4 is 0 Å². The molecule has 4 aromatic rings. The first kappa shape index (κ1) is 44.0. The third-order valence-electron chi connectivity index (χ3n) is 4.28. The number of pyridine rings is 2. The summed E-state index contributed by atoms with van der Waals surface area (Å²) in [4.78, 5) is 14.5. The molecule has 0 bridgehead atoms. The summed E-state index contributed by atoms with van der Waals surface area (Å²) in [5.41, 5.74) is 60.5. The summed E-state index contributed by atoms with van der Waals surface area (Å²) < 4.78 is 3.94. The topological polar surface area (TPSA) is 296 Å².